The van der Waals surface area contributed by atoms with Crippen LogP contribution in [0.25, 0.3) is 0 Å². The number of nitrogens with one attached hydrogen (secondary N) is 4. The van der Waals surface area contributed by atoms with Gasteiger partial charge in [0.25, 0.3) is 0 Å². The Hall–Kier alpha value is -2.88. The Bertz CT molecular complexity index is 825. The molecule has 7 N–H and O–H groups in total. The lowest BCUT2D eigenvalue weighted by Crippen LogP contribution is -3.10. The third-order valence-electron chi connectivity index (χ3n) is 4.93. The minimum Gasteiger partial charge on any atom is -0.355 e. The zero-order chi connectivity index (χ0) is 19.1. The van der Waals surface area contributed by atoms with E-state index in [4.69, 9.17) is 0 Å². The number of aromatic amines is 1. The van der Waals surface area contributed by atoms with E-state index in [2.05, 4.69) is 64.3 Å². The maximum absolute atomic E-state index is 9.77. The van der Waals surface area contributed by atoms with Crippen LogP contribution in [0.3, 0.4) is 0 Å². The van der Waals surface area contributed by atoms with Crippen LogP contribution in [-0.4, -0.2) is 26.2 Å². The fraction of sp³-hybridized carbons (Fsp3) is 0.333. The lowest BCUT2D eigenvalue weighted by molar-refractivity contribution is -0.929. The number of nitriles is 1. The largest absolute Gasteiger partial charge is 0.355 e. The number of anilines is 2. The molecule has 1 atom stereocenters. The number of benzene rings is 1. The Kier molecular flexibility index (Phi) is 6.42. The predicted molar refractivity (Wildman–Crippen MR) is 106 cm³/mol. The molecule has 0 saturated carbocycles. The van der Waals surface area contributed by atoms with Crippen molar-refractivity contribution in [3.8, 4) is 6.07 Å². The second kappa shape index (κ2) is 9.17. The SMILES string of the molecule is C=CCNc1[nH+]c(NCC[NH3+])c(C#N)c2c1C[NH+](Cc1ccccc1)CC2. The maximum Gasteiger partial charge on any atom is 0.237 e. The average molecular weight is 366 g/mol. The molecular formula is C21H29N6+3. The molecule has 1 aliphatic rings. The average Bonchev–Trinajstić information content (AvgIpc) is 2.71. The molecule has 0 fully saturated rings. The van der Waals surface area contributed by atoms with Gasteiger partial charge in [-0.05, 0) is 5.56 Å². The molecule has 6 heteroatoms. The van der Waals surface area contributed by atoms with Crippen molar-refractivity contribution < 1.29 is 15.6 Å². The Labute approximate surface area is 160 Å². The quantitative estimate of drug-likeness (QED) is 0.487. The standard InChI is InChI=1S/C21H26N6/c1-2-10-24-21-19-15-27(14-16-6-4-3-5-7-16)12-8-17(19)18(13-23)20(26-21)25-11-9-22/h2-7H,1,8-12,14-15,22H2,(H2,24,25,26)/p+3. The first kappa shape index (κ1) is 18.9. The number of fused-ring (bicyclic) bond motifs is 1. The number of quaternary nitrogens is 2. The summed E-state index contributed by atoms with van der Waals surface area (Å²) >= 11 is 0. The highest BCUT2D eigenvalue weighted by Gasteiger charge is 2.30. The van der Waals surface area contributed by atoms with Crippen molar-refractivity contribution in [2.24, 2.45) is 0 Å². The molecule has 0 spiro atoms. The highest BCUT2D eigenvalue weighted by atomic mass is 15.1. The number of pyridine rings is 1. The normalized spacial score (nSPS) is 15.5. The topological polar surface area (TPSA) is 94.1 Å². The summed E-state index contributed by atoms with van der Waals surface area (Å²) in [5, 5.41) is 16.5. The molecule has 6 nitrogen and oxygen atoms in total. The molecule has 0 bridgehead atoms. The molecule has 0 saturated heterocycles. The van der Waals surface area contributed by atoms with Crippen LogP contribution in [0.4, 0.5) is 11.6 Å². The number of rotatable bonds is 8. The molecule has 0 amide bonds. The maximum atomic E-state index is 9.77. The van der Waals surface area contributed by atoms with Crippen molar-refractivity contribution in [3.63, 3.8) is 0 Å². The highest BCUT2D eigenvalue weighted by Crippen LogP contribution is 2.25. The van der Waals surface area contributed by atoms with Gasteiger partial charge < -0.3 is 16.0 Å². The molecule has 3 rings (SSSR count). The first-order valence-corrected chi connectivity index (χ1v) is 9.53. The molecule has 0 aliphatic carbocycles. The van der Waals surface area contributed by atoms with Gasteiger partial charge in [0.15, 0.2) is 0 Å². The molecule has 1 unspecified atom stereocenters. The number of hydrogen-bond donors (Lipinski definition) is 4. The van der Waals surface area contributed by atoms with Crippen LogP contribution < -0.4 is 26.3 Å². The predicted octanol–water partition coefficient (Wildman–Crippen LogP) is -0.235. The Morgan fingerprint density at radius 2 is 2.04 bits per heavy atom. The summed E-state index contributed by atoms with van der Waals surface area (Å²) < 4.78 is 0. The van der Waals surface area contributed by atoms with E-state index in [0.29, 0.717) is 6.54 Å². The van der Waals surface area contributed by atoms with Crippen molar-refractivity contribution in [3.05, 3.63) is 65.2 Å². The molecule has 1 aromatic carbocycles. The number of nitrogens with zero attached hydrogens (tertiary/aromatic N) is 1. The second-order valence-corrected chi connectivity index (χ2v) is 6.86. The number of H-pyrrole nitrogens is 1. The number of aromatic nitrogens is 1. The van der Waals surface area contributed by atoms with Crippen molar-refractivity contribution >= 4 is 11.6 Å². The first-order valence-electron chi connectivity index (χ1n) is 9.53. The third kappa shape index (κ3) is 4.45. The minimum atomic E-state index is 0.678. The third-order valence-corrected chi connectivity index (χ3v) is 4.93. The lowest BCUT2D eigenvalue weighted by Gasteiger charge is -2.27. The van der Waals surface area contributed by atoms with Crippen LogP contribution in [0.1, 0.15) is 22.3 Å². The fourth-order valence-corrected chi connectivity index (χ4v) is 3.66. The van der Waals surface area contributed by atoms with Crippen molar-refractivity contribution in [2.45, 2.75) is 19.5 Å². The van der Waals surface area contributed by atoms with E-state index >= 15 is 0 Å². The van der Waals surface area contributed by atoms with Crippen LogP contribution >= 0.6 is 0 Å². The van der Waals surface area contributed by atoms with E-state index < -0.39 is 0 Å². The van der Waals surface area contributed by atoms with Crippen molar-refractivity contribution in [1.29, 1.82) is 5.26 Å². The van der Waals surface area contributed by atoms with Gasteiger partial charge in [0.1, 0.15) is 37.8 Å². The Morgan fingerprint density at radius 1 is 1.22 bits per heavy atom. The van der Waals surface area contributed by atoms with Gasteiger partial charge in [0, 0.05) is 12.0 Å². The molecule has 2 aromatic rings. The second-order valence-electron chi connectivity index (χ2n) is 6.86. The molecule has 140 valence electrons. The summed E-state index contributed by atoms with van der Waals surface area (Å²) in [7, 11) is 0. The molecule has 27 heavy (non-hydrogen) atoms. The molecule has 1 aromatic heterocycles. The smallest absolute Gasteiger partial charge is 0.237 e. The van der Waals surface area contributed by atoms with Crippen LogP contribution in [0.15, 0.2) is 43.0 Å². The summed E-state index contributed by atoms with van der Waals surface area (Å²) in [5.74, 6) is 1.78. The van der Waals surface area contributed by atoms with Crippen LogP contribution in [-0.2, 0) is 19.5 Å². The van der Waals surface area contributed by atoms with E-state index in [9.17, 15) is 5.26 Å². The van der Waals surface area contributed by atoms with E-state index in [-0.39, 0.29) is 0 Å². The van der Waals surface area contributed by atoms with E-state index in [1.54, 1.807) is 0 Å². The van der Waals surface area contributed by atoms with Gasteiger partial charge in [0.05, 0.1) is 18.7 Å². The minimum absolute atomic E-state index is 0.678. The van der Waals surface area contributed by atoms with Crippen molar-refractivity contribution in [2.75, 3.05) is 36.8 Å². The van der Waals surface area contributed by atoms with Crippen molar-refractivity contribution in [1.82, 2.24) is 0 Å². The van der Waals surface area contributed by atoms with Gasteiger partial charge >= 0.3 is 0 Å². The summed E-state index contributed by atoms with van der Waals surface area (Å²) in [4.78, 5) is 4.92. The summed E-state index contributed by atoms with van der Waals surface area (Å²) in [6.45, 7) is 8.89. The Balaban J connectivity index is 1.92. The van der Waals surface area contributed by atoms with Gasteiger partial charge in [-0.1, -0.05) is 43.0 Å². The zero-order valence-corrected chi connectivity index (χ0v) is 15.8. The molecule has 0 radical (unpaired) electrons. The first-order chi connectivity index (χ1) is 13.3. The van der Waals surface area contributed by atoms with Gasteiger partial charge in [-0.2, -0.15) is 5.26 Å². The Morgan fingerprint density at radius 3 is 2.74 bits per heavy atom. The fourth-order valence-electron chi connectivity index (χ4n) is 3.66. The lowest BCUT2D eigenvalue weighted by atomic mass is 9.95. The molecule has 2 heterocycles. The van der Waals surface area contributed by atoms with Gasteiger partial charge in [-0.25, -0.2) is 4.98 Å². The number of hydrogen-bond acceptors (Lipinski definition) is 3. The summed E-state index contributed by atoms with van der Waals surface area (Å²) in [5.41, 5.74) is 8.33. The summed E-state index contributed by atoms with van der Waals surface area (Å²) in [6.07, 6.45) is 2.75. The zero-order valence-electron chi connectivity index (χ0n) is 15.8. The van der Waals surface area contributed by atoms with Gasteiger partial charge in [-0.15, -0.1) is 0 Å². The molecule has 1 aliphatic heterocycles. The van der Waals surface area contributed by atoms with E-state index in [1.165, 1.54) is 16.0 Å². The van der Waals surface area contributed by atoms with E-state index in [0.717, 1.165) is 61.9 Å². The van der Waals surface area contributed by atoms with Crippen LogP contribution in [0.2, 0.25) is 0 Å². The van der Waals surface area contributed by atoms with Crippen LogP contribution in [0.5, 0.6) is 0 Å². The van der Waals surface area contributed by atoms with Gasteiger partial charge in [0.2, 0.25) is 11.6 Å². The summed E-state index contributed by atoms with van der Waals surface area (Å²) in [6, 6.07) is 13.0. The van der Waals surface area contributed by atoms with Crippen LogP contribution in [0, 0.1) is 11.3 Å². The van der Waals surface area contributed by atoms with Gasteiger partial charge in [-0.3, -0.25) is 5.32 Å². The highest BCUT2D eigenvalue weighted by molar-refractivity contribution is 5.60. The monoisotopic (exact) mass is 365 g/mol. The molecular weight excluding hydrogens is 336 g/mol. The van der Waals surface area contributed by atoms with E-state index in [1.807, 2.05) is 6.08 Å².